The predicted molar refractivity (Wildman–Crippen MR) is 68.8 cm³/mol. The quantitative estimate of drug-likeness (QED) is 0.704. The number of carbonyl (C=O) groups excluding carboxylic acids is 1. The molecule has 1 saturated heterocycles. The number of nitrogens with one attached hydrogen (secondary N) is 2. The largest absolute Gasteiger partial charge is 0.497 e. The second-order valence-corrected chi connectivity index (χ2v) is 4.11. The van der Waals surface area contributed by atoms with Crippen LogP contribution < -0.4 is 21.1 Å². The second kappa shape index (κ2) is 5.59. The smallest absolute Gasteiger partial charge is 0.319 e. The molecule has 98 valence electrons. The highest BCUT2D eigenvalue weighted by Crippen LogP contribution is 2.23. The molecule has 0 saturated carbocycles. The Balaban J connectivity index is 1.93. The van der Waals surface area contributed by atoms with E-state index in [9.17, 15) is 4.79 Å². The molecular weight excluding hydrogens is 234 g/mol. The topological polar surface area (TPSA) is 85.6 Å². The van der Waals surface area contributed by atoms with Crippen LogP contribution in [0, 0.1) is 0 Å². The minimum atomic E-state index is -0.276. The standard InChI is InChI=1S/C12H17N3O3/c1-17-9-2-3-11(10(13)6-9)15-12(16)14-8-4-5-18-7-8/h2-3,6,8H,4-5,7,13H2,1H3,(H2,14,15,16). The highest BCUT2D eigenvalue weighted by molar-refractivity contribution is 5.93. The molecule has 2 rings (SSSR count). The lowest BCUT2D eigenvalue weighted by Crippen LogP contribution is -2.38. The number of amides is 2. The number of benzene rings is 1. The Bertz CT molecular complexity index is 431. The summed E-state index contributed by atoms with van der Waals surface area (Å²) in [5, 5.41) is 5.52. The Morgan fingerprint density at radius 3 is 3.00 bits per heavy atom. The third kappa shape index (κ3) is 3.04. The molecule has 1 aromatic carbocycles. The lowest BCUT2D eigenvalue weighted by atomic mass is 10.2. The van der Waals surface area contributed by atoms with Crippen molar-refractivity contribution in [2.45, 2.75) is 12.5 Å². The number of urea groups is 1. The summed E-state index contributed by atoms with van der Waals surface area (Å²) in [6, 6.07) is 4.91. The van der Waals surface area contributed by atoms with Crippen LogP contribution in [0.2, 0.25) is 0 Å². The molecule has 2 amide bonds. The molecule has 1 aromatic rings. The summed E-state index contributed by atoms with van der Waals surface area (Å²) in [7, 11) is 1.56. The van der Waals surface area contributed by atoms with Gasteiger partial charge in [-0.15, -0.1) is 0 Å². The lowest BCUT2D eigenvalue weighted by molar-refractivity contribution is 0.189. The van der Waals surface area contributed by atoms with Gasteiger partial charge in [0.15, 0.2) is 0 Å². The molecule has 0 radical (unpaired) electrons. The van der Waals surface area contributed by atoms with E-state index in [-0.39, 0.29) is 12.1 Å². The van der Waals surface area contributed by atoms with Crippen molar-refractivity contribution in [2.75, 3.05) is 31.4 Å². The maximum Gasteiger partial charge on any atom is 0.319 e. The Morgan fingerprint density at radius 1 is 1.56 bits per heavy atom. The van der Waals surface area contributed by atoms with Gasteiger partial charge in [-0.05, 0) is 18.6 Å². The molecule has 1 aliphatic heterocycles. The van der Waals surface area contributed by atoms with E-state index in [1.165, 1.54) is 0 Å². The second-order valence-electron chi connectivity index (χ2n) is 4.11. The fraction of sp³-hybridized carbons (Fsp3) is 0.417. The number of ether oxygens (including phenoxy) is 2. The van der Waals surface area contributed by atoms with Crippen LogP contribution in [0.5, 0.6) is 5.75 Å². The van der Waals surface area contributed by atoms with Gasteiger partial charge < -0.3 is 25.8 Å². The highest BCUT2D eigenvalue weighted by Gasteiger charge is 2.17. The summed E-state index contributed by atoms with van der Waals surface area (Å²) in [4.78, 5) is 11.7. The van der Waals surface area contributed by atoms with Gasteiger partial charge in [0.25, 0.3) is 0 Å². The first-order chi connectivity index (χ1) is 8.69. The number of hydrogen-bond donors (Lipinski definition) is 3. The normalized spacial score (nSPS) is 18.4. The van der Waals surface area contributed by atoms with Gasteiger partial charge in [0, 0.05) is 12.7 Å². The van der Waals surface area contributed by atoms with Crippen LogP contribution >= 0.6 is 0 Å². The molecule has 0 aliphatic carbocycles. The molecule has 1 heterocycles. The van der Waals surface area contributed by atoms with Crippen molar-refractivity contribution in [3.8, 4) is 5.75 Å². The zero-order chi connectivity index (χ0) is 13.0. The monoisotopic (exact) mass is 251 g/mol. The van der Waals surface area contributed by atoms with Crippen LogP contribution in [0.1, 0.15) is 6.42 Å². The van der Waals surface area contributed by atoms with Crippen LogP contribution in [-0.2, 0) is 4.74 Å². The molecule has 4 N–H and O–H groups in total. The SMILES string of the molecule is COc1ccc(NC(=O)NC2CCOC2)c(N)c1. The molecule has 18 heavy (non-hydrogen) atoms. The summed E-state index contributed by atoms with van der Waals surface area (Å²) in [5.41, 5.74) is 6.83. The molecule has 1 aliphatic rings. The van der Waals surface area contributed by atoms with Gasteiger partial charge in [-0.25, -0.2) is 4.79 Å². The average Bonchev–Trinajstić information content (AvgIpc) is 2.84. The maximum absolute atomic E-state index is 11.7. The van der Waals surface area contributed by atoms with Gasteiger partial charge in [0.1, 0.15) is 5.75 Å². The van der Waals surface area contributed by atoms with E-state index < -0.39 is 0 Å². The number of nitrogens with two attached hydrogens (primary N) is 1. The van der Waals surface area contributed by atoms with Crippen LogP contribution in [0.15, 0.2) is 18.2 Å². The molecule has 0 aromatic heterocycles. The predicted octanol–water partition coefficient (Wildman–Crippen LogP) is 1.19. The maximum atomic E-state index is 11.7. The van der Waals surface area contributed by atoms with Gasteiger partial charge in [-0.1, -0.05) is 0 Å². The molecule has 1 fully saturated rings. The fourth-order valence-corrected chi connectivity index (χ4v) is 1.77. The molecule has 6 nitrogen and oxygen atoms in total. The summed E-state index contributed by atoms with van der Waals surface area (Å²) in [6.45, 7) is 1.25. The van der Waals surface area contributed by atoms with Crippen molar-refractivity contribution in [1.82, 2.24) is 5.32 Å². The Kier molecular flexibility index (Phi) is 3.88. The van der Waals surface area contributed by atoms with Crippen LogP contribution in [0.3, 0.4) is 0 Å². The summed E-state index contributed by atoms with van der Waals surface area (Å²) in [6.07, 6.45) is 0.839. The Morgan fingerprint density at radius 2 is 2.39 bits per heavy atom. The van der Waals surface area contributed by atoms with Gasteiger partial charge >= 0.3 is 6.03 Å². The number of anilines is 2. The van der Waals surface area contributed by atoms with Crippen molar-refractivity contribution >= 4 is 17.4 Å². The van der Waals surface area contributed by atoms with Gasteiger partial charge in [-0.2, -0.15) is 0 Å². The molecule has 1 unspecified atom stereocenters. The van der Waals surface area contributed by atoms with E-state index in [1.54, 1.807) is 25.3 Å². The zero-order valence-corrected chi connectivity index (χ0v) is 10.2. The number of rotatable bonds is 3. The van der Waals surface area contributed by atoms with Crippen molar-refractivity contribution in [3.05, 3.63) is 18.2 Å². The van der Waals surface area contributed by atoms with Crippen LogP contribution in [0.25, 0.3) is 0 Å². The number of nitrogen functional groups attached to an aromatic ring is 1. The minimum absolute atomic E-state index is 0.0736. The third-order valence-electron chi connectivity index (χ3n) is 2.77. The Hall–Kier alpha value is -1.95. The summed E-state index contributed by atoms with van der Waals surface area (Å²) in [5.74, 6) is 0.655. The van der Waals surface area contributed by atoms with Crippen LogP contribution in [-0.4, -0.2) is 32.4 Å². The average molecular weight is 251 g/mol. The zero-order valence-electron chi connectivity index (χ0n) is 10.2. The van der Waals surface area contributed by atoms with E-state index in [0.717, 1.165) is 6.42 Å². The first-order valence-corrected chi connectivity index (χ1v) is 5.78. The van der Waals surface area contributed by atoms with Gasteiger partial charge in [0.05, 0.1) is 31.1 Å². The number of methoxy groups -OCH3 is 1. The fourth-order valence-electron chi connectivity index (χ4n) is 1.77. The summed E-state index contributed by atoms with van der Waals surface area (Å²) < 4.78 is 10.2. The van der Waals surface area contributed by atoms with Crippen LogP contribution in [0.4, 0.5) is 16.2 Å². The molecule has 1 atom stereocenters. The van der Waals surface area contributed by atoms with E-state index >= 15 is 0 Å². The van der Waals surface area contributed by atoms with Crippen molar-refractivity contribution in [1.29, 1.82) is 0 Å². The molecule has 6 heteroatoms. The van der Waals surface area contributed by atoms with Crippen molar-refractivity contribution in [2.24, 2.45) is 0 Å². The minimum Gasteiger partial charge on any atom is -0.497 e. The first kappa shape index (κ1) is 12.5. The Labute approximate surface area is 105 Å². The number of hydrogen-bond acceptors (Lipinski definition) is 4. The van der Waals surface area contributed by atoms with E-state index in [4.69, 9.17) is 15.2 Å². The van der Waals surface area contributed by atoms with Crippen molar-refractivity contribution in [3.63, 3.8) is 0 Å². The lowest BCUT2D eigenvalue weighted by Gasteiger charge is -2.13. The first-order valence-electron chi connectivity index (χ1n) is 5.78. The van der Waals surface area contributed by atoms with Gasteiger partial charge in [0.2, 0.25) is 0 Å². The van der Waals surface area contributed by atoms with Gasteiger partial charge in [-0.3, -0.25) is 0 Å². The molecule has 0 bridgehead atoms. The summed E-state index contributed by atoms with van der Waals surface area (Å²) >= 11 is 0. The van der Waals surface area contributed by atoms with E-state index in [2.05, 4.69) is 10.6 Å². The molecular formula is C12H17N3O3. The van der Waals surface area contributed by atoms with E-state index in [1.807, 2.05) is 0 Å². The van der Waals surface area contributed by atoms with Crippen molar-refractivity contribution < 1.29 is 14.3 Å². The molecule has 0 spiro atoms. The number of carbonyl (C=O) groups is 1. The third-order valence-corrected chi connectivity index (χ3v) is 2.77. The van der Waals surface area contributed by atoms with E-state index in [0.29, 0.717) is 30.3 Å². The highest BCUT2D eigenvalue weighted by atomic mass is 16.5.